The highest BCUT2D eigenvalue weighted by Gasteiger charge is 2.60. The molecule has 6 nitrogen and oxygen atoms in total. The largest absolute Gasteiger partial charge is 0.755 e. The molecule has 0 aromatic heterocycles. The average Bonchev–Trinajstić information content (AvgIpc) is 2.61. The summed E-state index contributed by atoms with van der Waals surface area (Å²) in [5.41, 5.74) is 1.15. The highest BCUT2D eigenvalue weighted by molar-refractivity contribution is 7.80. The van der Waals surface area contributed by atoms with Gasteiger partial charge in [-0.3, -0.25) is 8.51 Å². The van der Waals surface area contributed by atoms with Crippen LogP contribution in [0.5, 0.6) is 0 Å². The highest BCUT2D eigenvalue weighted by atomic mass is 32.2. The molecule has 170 valence electrons. The van der Waals surface area contributed by atoms with Gasteiger partial charge in [0.2, 0.25) is 0 Å². The number of ether oxygens (including phenoxy) is 1. The maximum atomic E-state index is 12.6. The summed E-state index contributed by atoms with van der Waals surface area (Å²) in [5, 5.41) is 1.35. The van der Waals surface area contributed by atoms with E-state index in [0.717, 1.165) is 15.3 Å². The predicted molar refractivity (Wildman–Crippen MR) is 97.8 cm³/mol. The molecule has 1 amide bonds. The number of nitrogens with zero attached hydrogens (tertiary/aromatic N) is 2. The maximum absolute atomic E-state index is 12.6. The number of benzene rings is 2. The topological polar surface area (TPSA) is 72.9 Å². The van der Waals surface area contributed by atoms with Gasteiger partial charge >= 0.3 is 18.4 Å². The van der Waals surface area contributed by atoms with Crippen LogP contribution in [0.4, 0.5) is 36.8 Å². The highest BCUT2D eigenvalue weighted by Crippen LogP contribution is 2.37. The standard InChI is InChI=1S/C18H16F6N2O4S/c1-10-6-7-14(13-5-3-2-4-12(10)13)26(31(28)29)11-8-25(9-11)16(27)30-15(17(19,20)21)18(22,23)24/h2-7,11,15H,8-9H2,1H3,(H,28,29)/p-1. The summed E-state index contributed by atoms with van der Waals surface area (Å²) in [6.07, 6.45) is -17.8. The first-order valence-electron chi connectivity index (χ1n) is 8.76. The van der Waals surface area contributed by atoms with Crippen LogP contribution in [0.25, 0.3) is 10.8 Å². The second-order valence-corrected chi connectivity index (χ2v) is 7.72. The van der Waals surface area contributed by atoms with E-state index in [2.05, 4.69) is 4.74 Å². The van der Waals surface area contributed by atoms with Crippen LogP contribution in [0.1, 0.15) is 5.56 Å². The van der Waals surface area contributed by atoms with Gasteiger partial charge in [0.25, 0.3) is 6.10 Å². The van der Waals surface area contributed by atoms with E-state index >= 15 is 0 Å². The quantitative estimate of drug-likeness (QED) is 0.500. The Labute approximate surface area is 174 Å². The predicted octanol–water partition coefficient (Wildman–Crippen LogP) is 4.06. The molecule has 13 heteroatoms. The zero-order valence-corrected chi connectivity index (χ0v) is 16.6. The molecule has 0 spiro atoms. The number of aryl methyl sites for hydroxylation is 1. The van der Waals surface area contributed by atoms with Crippen LogP contribution < -0.4 is 4.31 Å². The van der Waals surface area contributed by atoms with Crippen molar-refractivity contribution in [3.8, 4) is 0 Å². The number of fused-ring (bicyclic) bond motifs is 1. The average molecular weight is 469 g/mol. The molecule has 1 atom stereocenters. The van der Waals surface area contributed by atoms with Crippen molar-refractivity contribution in [1.82, 2.24) is 4.90 Å². The Hall–Kier alpha value is -2.54. The van der Waals surface area contributed by atoms with Crippen molar-refractivity contribution in [3.05, 3.63) is 42.0 Å². The Bertz CT molecular complexity index is 993. The van der Waals surface area contributed by atoms with Gasteiger partial charge in [-0.05, 0) is 23.9 Å². The van der Waals surface area contributed by atoms with Gasteiger partial charge in [0.1, 0.15) is 0 Å². The molecule has 0 saturated carbocycles. The van der Waals surface area contributed by atoms with Gasteiger partial charge in [0.05, 0.1) is 11.7 Å². The van der Waals surface area contributed by atoms with Crippen molar-refractivity contribution in [1.29, 1.82) is 0 Å². The summed E-state index contributed by atoms with van der Waals surface area (Å²) >= 11 is -2.82. The number of alkyl halides is 6. The first-order chi connectivity index (χ1) is 14.3. The Morgan fingerprint density at radius 3 is 2.16 bits per heavy atom. The van der Waals surface area contributed by atoms with Crippen LogP contribution in [0.2, 0.25) is 0 Å². The molecule has 1 saturated heterocycles. The van der Waals surface area contributed by atoms with Crippen LogP contribution in [-0.4, -0.2) is 57.3 Å². The molecule has 0 radical (unpaired) electrons. The Morgan fingerprint density at radius 1 is 1.10 bits per heavy atom. The van der Waals surface area contributed by atoms with Gasteiger partial charge in [-0.1, -0.05) is 30.3 Å². The maximum Gasteiger partial charge on any atom is 0.434 e. The van der Waals surface area contributed by atoms with E-state index < -0.39 is 54.9 Å². The smallest absolute Gasteiger partial charge is 0.434 e. The number of carbonyl (C=O) groups excluding carboxylic acids is 1. The molecule has 1 fully saturated rings. The summed E-state index contributed by atoms with van der Waals surface area (Å²) in [5.74, 6) is 0. The van der Waals surface area contributed by atoms with Crippen molar-refractivity contribution < 1.29 is 44.6 Å². The Morgan fingerprint density at radius 2 is 1.65 bits per heavy atom. The fourth-order valence-corrected chi connectivity index (χ4v) is 3.97. The fourth-order valence-electron chi connectivity index (χ4n) is 3.27. The minimum atomic E-state index is -5.83. The van der Waals surface area contributed by atoms with Crippen molar-refractivity contribution in [2.45, 2.75) is 31.4 Å². The van der Waals surface area contributed by atoms with Gasteiger partial charge in [-0.2, -0.15) is 26.3 Å². The van der Waals surface area contributed by atoms with Gasteiger partial charge in [0, 0.05) is 29.7 Å². The van der Waals surface area contributed by atoms with E-state index in [1.165, 1.54) is 6.07 Å². The van der Waals surface area contributed by atoms with E-state index in [9.17, 15) is 39.9 Å². The monoisotopic (exact) mass is 469 g/mol. The zero-order chi connectivity index (χ0) is 23.1. The summed E-state index contributed by atoms with van der Waals surface area (Å²) in [4.78, 5) is 12.4. The van der Waals surface area contributed by atoms with E-state index in [-0.39, 0.29) is 5.69 Å². The van der Waals surface area contributed by atoms with Crippen LogP contribution >= 0.6 is 0 Å². The number of likely N-dealkylation sites (tertiary alicyclic amines) is 1. The summed E-state index contributed by atoms with van der Waals surface area (Å²) < 4.78 is 104. The van der Waals surface area contributed by atoms with Gasteiger partial charge < -0.3 is 14.2 Å². The number of halogens is 6. The lowest BCUT2D eigenvalue weighted by Gasteiger charge is -2.46. The Kier molecular flexibility index (Phi) is 6.11. The third kappa shape index (κ3) is 4.71. The van der Waals surface area contributed by atoms with Gasteiger partial charge in [-0.15, -0.1) is 0 Å². The lowest BCUT2D eigenvalue weighted by atomic mass is 10.0. The zero-order valence-electron chi connectivity index (χ0n) is 15.7. The molecule has 0 aliphatic carbocycles. The lowest BCUT2D eigenvalue weighted by molar-refractivity contribution is -0.308. The van der Waals surface area contributed by atoms with Crippen LogP contribution in [0.3, 0.4) is 0 Å². The van der Waals surface area contributed by atoms with E-state index in [1.807, 2.05) is 6.92 Å². The molecule has 1 unspecified atom stereocenters. The van der Waals surface area contributed by atoms with E-state index in [1.54, 1.807) is 30.3 Å². The van der Waals surface area contributed by atoms with Crippen molar-refractivity contribution in [2.75, 3.05) is 17.4 Å². The number of hydrogen-bond acceptors (Lipinski definition) is 4. The minimum Gasteiger partial charge on any atom is -0.755 e. The van der Waals surface area contributed by atoms with E-state index in [4.69, 9.17) is 0 Å². The number of amides is 1. The Balaban J connectivity index is 1.78. The van der Waals surface area contributed by atoms with Crippen molar-refractivity contribution in [3.63, 3.8) is 0 Å². The molecular formula is C18H15F6N2O4S-. The lowest BCUT2D eigenvalue weighted by Crippen LogP contribution is -2.62. The van der Waals surface area contributed by atoms with Gasteiger partial charge in [0.15, 0.2) is 0 Å². The second-order valence-electron chi connectivity index (χ2n) is 6.90. The summed E-state index contributed by atoms with van der Waals surface area (Å²) in [6.45, 7) is 0.957. The molecular weight excluding hydrogens is 454 g/mol. The summed E-state index contributed by atoms with van der Waals surface area (Å²) in [6, 6.07) is 9.24. The SMILES string of the molecule is Cc1ccc(N(C2CN(C(=O)OC(C(F)(F)F)C(F)(F)F)C2)S(=O)[O-])c2ccccc12. The first-order valence-corrected chi connectivity index (χ1v) is 9.80. The van der Waals surface area contributed by atoms with Crippen molar-refractivity contribution >= 4 is 33.8 Å². The molecule has 2 aromatic carbocycles. The fraction of sp³-hybridized carbons (Fsp3) is 0.389. The molecule has 31 heavy (non-hydrogen) atoms. The van der Waals surface area contributed by atoms with E-state index in [0.29, 0.717) is 10.3 Å². The third-order valence-electron chi connectivity index (χ3n) is 4.78. The number of anilines is 1. The van der Waals surface area contributed by atoms with Crippen molar-refractivity contribution in [2.24, 2.45) is 0 Å². The van der Waals surface area contributed by atoms with Crippen LogP contribution in [0.15, 0.2) is 36.4 Å². The number of hydrogen-bond donors (Lipinski definition) is 0. The number of rotatable bonds is 4. The molecule has 1 aliphatic heterocycles. The molecule has 3 rings (SSSR count). The number of carbonyl (C=O) groups is 1. The van der Waals surface area contributed by atoms with Crippen LogP contribution in [0, 0.1) is 6.92 Å². The second kappa shape index (κ2) is 8.19. The molecule has 0 N–H and O–H groups in total. The molecule has 2 aromatic rings. The minimum absolute atomic E-state index is 0.274. The van der Waals surface area contributed by atoms with Gasteiger partial charge in [-0.25, -0.2) is 4.79 Å². The first kappa shape index (κ1) is 23.1. The third-order valence-corrected chi connectivity index (χ3v) is 5.60. The molecule has 1 aliphatic rings. The normalized spacial score (nSPS) is 16.4. The molecule has 0 bridgehead atoms. The molecule has 1 heterocycles. The van der Waals surface area contributed by atoms with Crippen LogP contribution in [-0.2, 0) is 16.0 Å². The summed E-state index contributed by atoms with van der Waals surface area (Å²) in [7, 11) is 0.